The minimum Gasteiger partial charge on any atom is -0.282 e. The third-order valence-electron chi connectivity index (χ3n) is 1.28. The third kappa shape index (κ3) is 4.21. The largest absolute Gasteiger partial charge is 0.287 e. The number of hydrogen-bond acceptors (Lipinski definition) is 2. The van der Waals surface area contributed by atoms with E-state index in [-0.39, 0.29) is 0 Å². The van der Waals surface area contributed by atoms with Crippen LogP contribution in [0.1, 0.15) is 5.56 Å². The lowest BCUT2D eigenvalue weighted by atomic mass is 10.2. The average molecular weight is 263 g/mol. The van der Waals surface area contributed by atoms with Crippen molar-refractivity contribution >= 4 is 32.1 Å². The smallest absolute Gasteiger partial charge is 0.282 e. The quantitative estimate of drug-likeness (QED) is 0.833. The van der Waals surface area contributed by atoms with Crippen LogP contribution in [-0.4, -0.2) is 13.0 Å². The summed E-state index contributed by atoms with van der Waals surface area (Å²) in [4.78, 5) is 0. The Morgan fingerprint density at radius 2 is 2.08 bits per heavy atom. The van der Waals surface area contributed by atoms with E-state index in [1.807, 2.05) is 6.07 Å². The van der Waals surface area contributed by atoms with E-state index < -0.39 is 10.1 Å². The molecule has 0 radical (unpaired) electrons. The number of rotatable bonds is 2. The fourth-order valence-corrected chi connectivity index (χ4v) is 1.52. The van der Waals surface area contributed by atoms with E-state index in [2.05, 4.69) is 15.9 Å². The lowest BCUT2D eigenvalue weighted by molar-refractivity contribution is 0.494. The zero-order chi connectivity index (χ0) is 9.90. The van der Waals surface area contributed by atoms with Crippen molar-refractivity contribution in [2.24, 2.45) is 0 Å². The van der Waals surface area contributed by atoms with Gasteiger partial charge in [-0.2, -0.15) is 8.42 Å². The monoisotopic (exact) mass is 262 g/mol. The molecule has 1 rings (SSSR count). The molecule has 0 spiro atoms. The maximum absolute atomic E-state index is 10.3. The van der Waals surface area contributed by atoms with E-state index >= 15 is 0 Å². The van der Waals surface area contributed by atoms with Crippen molar-refractivity contribution in [1.82, 2.24) is 0 Å². The molecule has 0 unspecified atom stereocenters. The van der Waals surface area contributed by atoms with E-state index in [1.165, 1.54) is 6.08 Å². The standard InChI is InChI=1S/C8H7BrO3S/c9-8-3-1-2-7(6-8)4-5-13(10,11)12/h1-6H,(H,10,11,12). The van der Waals surface area contributed by atoms with Gasteiger partial charge in [0.15, 0.2) is 0 Å². The minimum absolute atomic E-state index is 0.701. The molecule has 0 amide bonds. The van der Waals surface area contributed by atoms with Crippen LogP contribution < -0.4 is 0 Å². The molecule has 0 aliphatic heterocycles. The van der Waals surface area contributed by atoms with Crippen LogP contribution in [0.4, 0.5) is 0 Å². The maximum Gasteiger partial charge on any atom is 0.287 e. The molecule has 13 heavy (non-hydrogen) atoms. The summed E-state index contributed by atoms with van der Waals surface area (Å²) in [5.41, 5.74) is 0.701. The Hall–Kier alpha value is -0.650. The van der Waals surface area contributed by atoms with Gasteiger partial charge in [0.1, 0.15) is 0 Å². The van der Waals surface area contributed by atoms with Gasteiger partial charge in [-0.25, -0.2) is 0 Å². The molecule has 70 valence electrons. The summed E-state index contributed by atoms with van der Waals surface area (Å²) in [5.74, 6) is 0. The number of benzene rings is 1. The molecule has 0 saturated heterocycles. The van der Waals surface area contributed by atoms with Crippen molar-refractivity contribution in [3.63, 3.8) is 0 Å². The summed E-state index contributed by atoms with van der Waals surface area (Å²) in [6, 6.07) is 7.06. The topological polar surface area (TPSA) is 54.4 Å². The zero-order valence-corrected chi connectivity index (χ0v) is 8.92. The van der Waals surface area contributed by atoms with E-state index in [1.54, 1.807) is 18.2 Å². The van der Waals surface area contributed by atoms with Crippen LogP contribution in [0, 0.1) is 0 Å². The summed E-state index contributed by atoms with van der Waals surface area (Å²) in [6.45, 7) is 0. The molecule has 0 bridgehead atoms. The summed E-state index contributed by atoms with van der Waals surface area (Å²) in [6.07, 6.45) is 1.32. The van der Waals surface area contributed by atoms with Crippen molar-refractivity contribution in [1.29, 1.82) is 0 Å². The van der Waals surface area contributed by atoms with Gasteiger partial charge in [0.05, 0.1) is 5.41 Å². The van der Waals surface area contributed by atoms with Gasteiger partial charge < -0.3 is 0 Å². The van der Waals surface area contributed by atoms with Crippen LogP contribution in [0.15, 0.2) is 34.1 Å². The molecule has 3 nitrogen and oxygen atoms in total. The second-order valence-electron chi connectivity index (χ2n) is 2.37. The zero-order valence-electron chi connectivity index (χ0n) is 6.51. The Balaban J connectivity index is 2.93. The van der Waals surface area contributed by atoms with Gasteiger partial charge in [-0.15, -0.1) is 0 Å². The molecule has 1 N–H and O–H groups in total. The molecule has 0 heterocycles. The second kappa shape index (κ2) is 4.04. The van der Waals surface area contributed by atoms with E-state index in [4.69, 9.17) is 4.55 Å². The molecule has 0 aliphatic rings. The molecule has 1 aromatic rings. The lowest BCUT2D eigenvalue weighted by Crippen LogP contribution is -1.88. The summed E-state index contributed by atoms with van der Waals surface area (Å²) < 4.78 is 30.0. The van der Waals surface area contributed by atoms with Gasteiger partial charge in [0.2, 0.25) is 0 Å². The first-order valence-electron chi connectivity index (χ1n) is 3.38. The molecule has 0 fully saturated rings. The van der Waals surface area contributed by atoms with Crippen molar-refractivity contribution < 1.29 is 13.0 Å². The van der Waals surface area contributed by atoms with E-state index in [0.29, 0.717) is 5.56 Å². The summed E-state index contributed by atoms with van der Waals surface area (Å²) in [7, 11) is -4.03. The van der Waals surface area contributed by atoms with Gasteiger partial charge in [-0.1, -0.05) is 28.1 Å². The van der Waals surface area contributed by atoms with Crippen LogP contribution in [0.5, 0.6) is 0 Å². The van der Waals surface area contributed by atoms with Crippen LogP contribution >= 0.6 is 15.9 Å². The Kier molecular flexibility index (Phi) is 3.24. The number of halogens is 1. The molecule has 0 atom stereocenters. The predicted octanol–water partition coefficient (Wildman–Crippen LogP) is 2.31. The highest BCUT2D eigenvalue weighted by atomic mass is 79.9. The van der Waals surface area contributed by atoms with Crippen molar-refractivity contribution in [3.05, 3.63) is 39.7 Å². The highest BCUT2D eigenvalue weighted by molar-refractivity contribution is 9.10. The predicted molar refractivity (Wildman–Crippen MR) is 54.7 cm³/mol. The molecule has 0 aliphatic carbocycles. The lowest BCUT2D eigenvalue weighted by Gasteiger charge is -1.92. The molecule has 0 aromatic heterocycles. The Bertz CT molecular complexity index is 423. The van der Waals surface area contributed by atoms with Crippen molar-refractivity contribution in [3.8, 4) is 0 Å². The fraction of sp³-hybridized carbons (Fsp3) is 0. The van der Waals surface area contributed by atoms with E-state index in [0.717, 1.165) is 9.88 Å². The van der Waals surface area contributed by atoms with Crippen LogP contribution in [0.3, 0.4) is 0 Å². The van der Waals surface area contributed by atoms with Crippen molar-refractivity contribution in [2.75, 3.05) is 0 Å². The first kappa shape index (κ1) is 10.4. The molecular formula is C8H7BrO3S. The van der Waals surface area contributed by atoms with Crippen LogP contribution in [0.25, 0.3) is 6.08 Å². The first-order valence-corrected chi connectivity index (χ1v) is 5.68. The molecular weight excluding hydrogens is 256 g/mol. The maximum atomic E-state index is 10.3. The Morgan fingerprint density at radius 3 is 2.62 bits per heavy atom. The van der Waals surface area contributed by atoms with Gasteiger partial charge >= 0.3 is 0 Å². The van der Waals surface area contributed by atoms with Gasteiger partial charge in [0, 0.05) is 4.47 Å². The summed E-state index contributed by atoms with van der Waals surface area (Å²) >= 11 is 3.24. The SMILES string of the molecule is O=S(=O)(O)C=Cc1cccc(Br)c1. The Labute approximate surface area is 85.0 Å². The normalized spacial score (nSPS) is 12.2. The van der Waals surface area contributed by atoms with Gasteiger partial charge in [-0.3, -0.25) is 4.55 Å². The third-order valence-corrected chi connectivity index (χ3v) is 2.25. The van der Waals surface area contributed by atoms with E-state index in [9.17, 15) is 8.42 Å². The van der Waals surface area contributed by atoms with Crippen LogP contribution in [-0.2, 0) is 10.1 Å². The van der Waals surface area contributed by atoms with Gasteiger partial charge in [-0.05, 0) is 23.8 Å². The minimum atomic E-state index is -4.03. The summed E-state index contributed by atoms with van der Waals surface area (Å²) in [5, 5.41) is 0.745. The first-order chi connectivity index (χ1) is 5.97. The second-order valence-corrected chi connectivity index (χ2v) is 4.59. The molecule has 0 saturated carbocycles. The molecule has 1 aromatic carbocycles. The van der Waals surface area contributed by atoms with Gasteiger partial charge in [0.25, 0.3) is 10.1 Å². The molecule has 5 heteroatoms. The van der Waals surface area contributed by atoms with Crippen LogP contribution in [0.2, 0.25) is 0 Å². The fourth-order valence-electron chi connectivity index (χ4n) is 0.775. The Morgan fingerprint density at radius 1 is 1.38 bits per heavy atom. The highest BCUT2D eigenvalue weighted by Gasteiger charge is 1.95. The average Bonchev–Trinajstić information content (AvgIpc) is 2.00. The number of hydrogen-bond donors (Lipinski definition) is 1. The van der Waals surface area contributed by atoms with Crippen molar-refractivity contribution in [2.45, 2.75) is 0 Å². The highest BCUT2D eigenvalue weighted by Crippen LogP contribution is 2.12.